The topological polar surface area (TPSA) is 30.5 Å². The van der Waals surface area contributed by atoms with Gasteiger partial charge in [-0.1, -0.05) is 0 Å². The Morgan fingerprint density at radius 3 is 3.11 bits per heavy atom. The van der Waals surface area contributed by atoms with Crippen LogP contribution < -0.4 is 14.8 Å². The number of aryl methyl sites for hydroxylation is 1. The van der Waals surface area contributed by atoms with Crippen LogP contribution in [0.4, 0.5) is 0 Å². The molecule has 1 aromatic carbocycles. The maximum Gasteiger partial charge on any atom is 0.125 e. The van der Waals surface area contributed by atoms with E-state index in [-0.39, 0.29) is 0 Å². The van der Waals surface area contributed by atoms with Gasteiger partial charge < -0.3 is 14.8 Å². The molecule has 0 amide bonds. The summed E-state index contributed by atoms with van der Waals surface area (Å²) in [6, 6.07) is 2.72. The van der Waals surface area contributed by atoms with Crippen molar-refractivity contribution in [3.05, 3.63) is 22.8 Å². The van der Waals surface area contributed by atoms with E-state index in [1.807, 2.05) is 0 Å². The molecule has 18 heavy (non-hydrogen) atoms. The van der Waals surface area contributed by atoms with E-state index in [2.05, 4.69) is 18.3 Å². The van der Waals surface area contributed by atoms with E-state index in [1.165, 1.54) is 29.5 Å². The highest BCUT2D eigenvalue weighted by molar-refractivity contribution is 5.55. The molecule has 1 fully saturated rings. The quantitative estimate of drug-likeness (QED) is 0.888. The van der Waals surface area contributed by atoms with E-state index in [0.29, 0.717) is 6.04 Å². The minimum absolute atomic E-state index is 0.602. The van der Waals surface area contributed by atoms with Gasteiger partial charge in [-0.15, -0.1) is 0 Å². The minimum Gasteiger partial charge on any atom is -0.496 e. The first-order chi connectivity index (χ1) is 8.79. The van der Waals surface area contributed by atoms with E-state index < -0.39 is 0 Å². The van der Waals surface area contributed by atoms with Crippen molar-refractivity contribution in [3.8, 4) is 11.5 Å². The zero-order valence-electron chi connectivity index (χ0n) is 11.2. The van der Waals surface area contributed by atoms with Crippen LogP contribution in [0.5, 0.6) is 11.5 Å². The molecule has 2 aliphatic rings. The number of rotatable bonds is 3. The normalized spacial score (nSPS) is 21.8. The minimum atomic E-state index is 0.602. The van der Waals surface area contributed by atoms with Gasteiger partial charge in [0.25, 0.3) is 0 Å². The van der Waals surface area contributed by atoms with E-state index in [9.17, 15) is 0 Å². The lowest BCUT2D eigenvalue weighted by molar-refractivity contribution is 0.356. The van der Waals surface area contributed by atoms with Crippen molar-refractivity contribution < 1.29 is 9.47 Å². The second-order valence-electron chi connectivity index (χ2n) is 5.28. The molecule has 0 bridgehead atoms. The van der Waals surface area contributed by atoms with Gasteiger partial charge in [0, 0.05) is 23.6 Å². The van der Waals surface area contributed by atoms with Crippen LogP contribution in [-0.2, 0) is 12.8 Å². The van der Waals surface area contributed by atoms with Crippen molar-refractivity contribution in [2.24, 2.45) is 0 Å². The second-order valence-corrected chi connectivity index (χ2v) is 5.28. The number of ether oxygens (including phenoxy) is 2. The summed E-state index contributed by atoms with van der Waals surface area (Å²) in [6.45, 7) is 4.07. The molecule has 2 aliphatic heterocycles. The van der Waals surface area contributed by atoms with Crippen LogP contribution in [-0.4, -0.2) is 26.3 Å². The van der Waals surface area contributed by atoms with Crippen molar-refractivity contribution in [1.29, 1.82) is 0 Å². The third-order valence-electron chi connectivity index (χ3n) is 4.07. The van der Waals surface area contributed by atoms with Crippen molar-refractivity contribution in [1.82, 2.24) is 5.32 Å². The molecule has 98 valence electrons. The van der Waals surface area contributed by atoms with Crippen LogP contribution in [0.3, 0.4) is 0 Å². The lowest BCUT2D eigenvalue weighted by Crippen LogP contribution is -2.24. The van der Waals surface area contributed by atoms with E-state index in [1.54, 1.807) is 7.11 Å². The smallest absolute Gasteiger partial charge is 0.125 e. The summed E-state index contributed by atoms with van der Waals surface area (Å²) in [5, 5.41) is 3.57. The van der Waals surface area contributed by atoms with Gasteiger partial charge >= 0.3 is 0 Å². The summed E-state index contributed by atoms with van der Waals surface area (Å²) in [6.07, 6.45) is 4.65. The van der Waals surface area contributed by atoms with Gasteiger partial charge in [-0.05, 0) is 44.4 Å². The fourth-order valence-electron chi connectivity index (χ4n) is 3.22. The number of fused-ring (bicyclic) bond motifs is 1. The molecule has 0 saturated carbocycles. The average molecular weight is 247 g/mol. The number of hydrogen-bond acceptors (Lipinski definition) is 3. The second kappa shape index (κ2) is 4.81. The molecule has 0 aliphatic carbocycles. The molecule has 1 saturated heterocycles. The lowest BCUT2D eigenvalue weighted by atomic mass is 9.94. The largest absolute Gasteiger partial charge is 0.496 e. The lowest BCUT2D eigenvalue weighted by Gasteiger charge is -2.18. The van der Waals surface area contributed by atoms with Crippen molar-refractivity contribution >= 4 is 0 Å². The van der Waals surface area contributed by atoms with Crippen LogP contribution >= 0.6 is 0 Å². The fourth-order valence-corrected chi connectivity index (χ4v) is 3.22. The summed E-state index contributed by atoms with van der Waals surface area (Å²) >= 11 is 0. The summed E-state index contributed by atoms with van der Waals surface area (Å²) in [5.74, 6) is 2.13. The standard InChI is InChI=1S/C15H21NO2/c1-10-8-14-12(5-7-18-14)13(15(10)17-2)9-11-4-3-6-16-11/h8,11,16H,3-7,9H2,1-2H3. The van der Waals surface area contributed by atoms with Gasteiger partial charge in [0.1, 0.15) is 11.5 Å². The Hall–Kier alpha value is -1.22. The Morgan fingerprint density at radius 1 is 1.50 bits per heavy atom. The van der Waals surface area contributed by atoms with E-state index in [4.69, 9.17) is 9.47 Å². The van der Waals surface area contributed by atoms with Crippen LogP contribution in [0, 0.1) is 6.92 Å². The highest BCUT2D eigenvalue weighted by Crippen LogP contribution is 2.38. The Balaban J connectivity index is 1.99. The predicted molar refractivity (Wildman–Crippen MR) is 71.7 cm³/mol. The SMILES string of the molecule is COc1c(C)cc2c(c1CC1CCCN1)CCO2. The van der Waals surface area contributed by atoms with Crippen LogP contribution in [0.1, 0.15) is 29.5 Å². The third-order valence-corrected chi connectivity index (χ3v) is 4.07. The first-order valence-electron chi connectivity index (χ1n) is 6.85. The molecule has 0 spiro atoms. The predicted octanol–water partition coefficient (Wildman–Crippen LogP) is 2.23. The third kappa shape index (κ3) is 1.97. The Labute approximate surface area is 108 Å². The molecule has 3 nitrogen and oxygen atoms in total. The zero-order valence-corrected chi connectivity index (χ0v) is 11.2. The molecular formula is C15H21NO2. The van der Waals surface area contributed by atoms with E-state index >= 15 is 0 Å². The first-order valence-corrected chi connectivity index (χ1v) is 6.85. The summed E-state index contributed by atoms with van der Waals surface area (Å²) in [7, 11) is 1.77. The van der Waals surface area contributed by atoms with Crippen molar-refractivity contribution in [2.75, 3.05) is 20.3 Å². The molecule has 0 aromatic heterocycles. The van der Waals surface area contributed by atoms with E-state index in [0.717, 1.165) is 37.5 Å². The van der Waals surface area contributed by atoms with Crippen molar-refractivity contribution in [2.45, 2.75) is 38.6 Å². The van der Waals surface area contributed by atoms with Gasteiger partial charge in [0.15, 0.2) is 0 Å². The van der Waals surface area contributed by atoms with Crippen LogP contribution in [0.15, 0.2) is 6.07 Å². The Kier molecular flexibility index (Phi) is 3.16. The number of benzene rings is 1. The highest BCUT2D eigenvalue weighted by Gasteiger charge is 2.25. The molecule has 3 heteroatoms. The first kappa shape index (κ1) is 11.8. The number of nitrogens with one attached hydrogen (secondary N) is 1. The maximum atomic E-state index is 5.71. The van der Waals surface area contributed by atoms with Crippen molar-refractivity contribution in [3.63, 3.8) is 0 Å². The summed E-state index contributed by atoms with van der Waals surface area (Å²) < 4.78 is 11.3. The monoisotopic (exact) mass is 247 g/mol. The zero-order chi connectivity index (χ0) is 12.5. The average Bonchev–Trinajstić information content (AvgIpc) is 2.99. The number of methoxy groups -OCH3 is 1. The highest BCUT2D eigenvalue weighted by atomic mass is 16.5. The molecule has 3 rings (SSSR count). The number of hydrogen-bond donors (Lipinski definition) is 1. The molecule has 1 unspecified atom stereocenters. The molecule has 1 atom stereocenters. The van der Waals surface area contributed by atoms with Gasteiger partial charge in [-0.25, -0.2) is 0 Å². The Bertz CT molecular complexity index is 447. The van der Waals surface area contributed by atoms with Gasteiger partial charge in [-0.3, -0.25) is 0 Å². The Morgan fingerprint density at radius 2 is 2.39 bits per heavy atom. The van der Waals surface area contributed by atoms with Crippen LogP contribution in [0.25, 0.3) is 0 Å². The van der Waals surface area contributed by atoms with Gasteiger partial charge in [-0.2, -0.15) is 0 Å². The van der Waals surface area contributed by atoms with Crippen LogP contribution in [0.2, 0.25) is 0 Å². The molecule has 2 heterocycles. The maximum absolute atomic E-state index is 5.71. The molecule has 0 radical (unpaired) electrons. The van der Waals surface area contributed by atoms with Gasteiger partial charge in [0.2, 0.25) is 0 Å². The molecule has 1 aromatic rings. The summed E-state index contributed by atoms with van der Waals surface area (Å²) in [4.78, 5) is 0. The molecule has 1 N–H and O–H groups in total. The van der Waals surface area contributed by atoms with Gasteiger partial charge in [0.05, 0.1) is 13.7 Å². The fraction of sp³-hybridized carbons (Fsp3) is 0.600. The summed E-state index contributed by atoms with van der Waals surface area (Å²) in [5.41, 5.74) is 3.92. The molecular weight excluding hydrogens is 226 g/mol.